The highest BCUT2D eigenvalue weighted by atomic mass is 16.5. The van der Waals surface area contributed by atoms with Gasteiger partial charge in [0.1, 0.15) is 0 Å². The van der Waals surface area contributed by atoms with Gasteiger partial charge in [0.25, 0.3) is 0 Å². The molecule has 25 heavy (non-hydrogen) atoms. The third-order valence-corrected chi connectivity index (χ3v) is 6.03. The van der Waals surface area contributed by atoms with E-state index in [1.807, 2.05) is 0 Å². The Bertz CT molecular complexity index is 476. The first-order valence-corrected chi connectivity index (χ1v) is 9.66. The van der Waals surface area contributed by atoms with Crippen LogP contribution in [0.3, 0.4) is 0 Å². The van der Waals surface area contributed by atoms with Crippen molar-refractivity contribution in [1.29, 1.82) is 0 Å². The minimum absolute atomic E-state index is 0.0289. The van der Waals surface area contributed by atoms with Gasteiger partial charge in [0.2, 0.25) is 5.91 Å². The number of aliphatic imine (C=N–C) groups is 1. The number of hydrogen-bond acceptors (Lipinski definition) is 4. The van der Waals surface area contributed by atoms with Crippen molar-refractivity contribution in [2.24, 2.45) is 16.8 Å². The molecule has 0 spiro atoms. The van der Waals surface area contributed by atoms with E-state index in [9.17, 15) is 4.79 Å². The first kappa shape index (κ1) is 18.5. The van der Waals surface area contributed by atoms with Crippen LogP contribution in [0.4, 0.5) is 0 Å². The van der Waals surface area contributed by atoms with E-state index in [-0.39, 0.29) is 12.5 Å². The predicted octanol–water partition coefficient (Wildman–Crippen LogP) is 0.131. The molecule has 0 radical (unpaired) electrons. The fourth-order valence-corrected chi connectivity index (χ4v) is 4.77. The number of piperazine rings is 1. The largest absolute Gasteiger partial charge is 0.383 e. The van der Waals surface area contributed by atoms with E-state index in [2.05, 4.69) is 25.4 Å². The first-order valence-electron chi connectivity index (χ1n) is 9.66. The molecule has 0 aromatic heterocycles. The van der Waals surface area contributed by atoms with E-state index in [0.717, 1.165) is 50.0 Å². The maximum absolute atomic E-state index is 11.8. The number of rotatable bonds is 6. The van der Waals surface area contributed by atoms with E-state index < -0.39 is 0 Å². The molecule has 2 bridgehead atoms. The molecule has 1 saturated heterocycles. The highest BCUT2D eigenvalue weighted by molar-refractivity contribution is 5.86. The van der Waals surface area contributed by atoms with Crippen molar-refractivity contribution in [1.82, 2.24) is 20.4 Å². The summed E-state index contributed by atoms with van der Waals surface area (Å²) in [6.07, 6.45) is 5.78. The molecule has 0 aromatic carbocycles. The van der Waals surface area contributed by atoms with Crippen LogP contribution in [0.1, 0.15) is 25.7 Å². The second-order valence-corrected chi connectivity index (χ2v) is 7.51. The quantitative estimate of drug-likeness (QED) is 0.404. The first-order chi connectivity index (χ1) is 12.2. The van der Waals surface area contributed by atoms with Crippen LogP contribution in [0.5, 0.6) is 0 Å². The van der Waals surface area contributed by atoms with E-state index in [1.165, 1.54) is 25.7 Å². The van der Waals surface area contributed by atoms with Crippen molar-refractivity contribution < 1.29 is 9.53 Å². The van der Waals surface area contributed by atoms with Crippen molar-refractivity contribution in [2.45, 2.75) is 31.7 Å². The van der Waals surface area contributed by atoms with Crippen LogP contribution in [0.15, 0.2) is 4.99 Å². The van der Waals surface area contributed by atoms with Crippen molar-refractivity contribution in [3.63, 3.8) is 0 Å². The Hall–Kier alpha value is -1.34. The summed E-state index contributed by atoms with van der Waals surface area (Å²) in [7, 11) is 3.41. The summed E-state index contributed by atoms with van der Waals surface area (Å²) in [5, 5.41) is 6.00. The molecule has 3 unspecified atom stereocenters. The average molecular weight is 351 g/mol. The Labute approximate surface area is 151 Å². The summed E-state index contributed by atoms with van der Waals surface area (Å²) in [6.45, 7) is 5.51. The molecule has 3 rings (SSSR count). The van der Waals surface area contributed by atoms with Gasteiger partial charge in [-0.25, -0.2) is 0 Å². The van der Waals surface area contributed by atoms with E-state index >= 15 is 0 Å². The van der Waals surface area contributed by atoms with Crippen molar-refractivity contribution in [2.75, 3.05) is 60.0 Å². The van der Waals surface area contributed by atoms with Gasteiger partial charge in [-0.1, -0.05) is 6.42 Å². The number of hydrogen-bond donors (Lipinski definition) is 2. The number of carbonyl (C=O) groups excluding carboxylic acids is 1. The number of carbonyl (C=O) groups is 1. The van der Waals surface area contributed by atoms with Gasteiger partial charge < -0.3 is 20.3 Å². The van der Waals surface area contributed by atoms with Crippen molar-refractivity contribution >= 4 is 11.9 Å². The maximum Gasteiger partial charge on any atom is 0.239 e. The molecular weight excluding hydrogens is 318 g/mol. The normalized spacial score (nSPS) is 29.9. The Morgan fingerprint density at radius 2 is 1.96 bits per heavy atom. The number of nitrogens with one attached hydrogen (secondary N) is 2. The number of ether oxygens (including phenoxy) is 1. The molecule has 3 aliphatic rings. The summed E-state index contributed by atoms with van der Waals surface area (Å²) in [4.78, 5) is 21.1. The Morgan fingerprint density at radius 1 is 1.16 bits per heavy atom. The predicted molar refractivity (Wildman–Crippen MR) is 98.6 cm³/mol. The standard InChI is InChI=1S/C18H33N5O2/c1-19-18(21-13-17(24)20-5-10-25-2)23-8-6-22(7-9-23)16-12-14-3-4-15(16)11-14/h14-16H,3-13H2,1-2H3,(H,19,21)(H,20,24). The van der Waals surface area contributed by atoms with E-state index in [4.69, 9.17) is 4.74 Å². The van der Waals surface area contributed by atoms with Crippen LogP contribution in [-0.4, -0.2) is 87.7 Å². The van der Waals surface area contributed by atoms with Gasteiger partial charge in [-0.3, -0.25) is 14.7 Å². The van der Waals surface area contributed by atoms with Crippen LogP contribution in [0, 0.1) is 11.8 Å². The van der Waals surface area contributed by atoms with Gasteiger partial charge in [0.15, 0.2) is 5.96 Å². The van der Waals surface area contributed by atoms with E-state index in [0.29, 0.717) is 13.2 Å². The summed E-state index contributed by atoms with van der Waals surface area (Å²) >= 11 is 0. The summed E-state index contributed by atoms with van der Waals surface area (Å²) in [6, 6.07) is 0.822. The summed E-state index contributed by atoms with van der Waals surface area (Å²) in [5.41, 5.74) is 0. The SMILES string of the molecule is CN=C(NCC(=O)NCCOC)N1CCN(C2CC3CCC2C3)CC1. The molecule has 2 saturated carbocycles. The minimum Gasteiger partial charge on any atom is -0.383 e. The molecule has 0 aromatic rings. The summed E-state index contributed by atoms with van der Waals surface area (Å²) in [5.74, 6) is 2.75. The molecule has 1 heterocycles. The molecule has 142 valence electrons. The van der Waals surface area contributed by atoms with Gasteiger partial charge >= 0.3 is 0 Å². The molecular formula is C18H33N5O2. The monoisotopic (exact) mass is 351 g/mol. The number of amides is 1. The van der Waals surface area contributed by atoms with Gasteiger partial charge in [-0.2, -0.15) is 0 Å². The second-order valence-electron chi connectivity index (χ2n) is 7.51. The smallest absolute Gasteiger partial charge is 0.239 e. The Balaban J connectivity index is 1.39. The number of guanidine groups is 1. The van der Waals surface area contributed by atoms with Gasteiger partial charge in [0, 0.05) is 52.9 Å². The summed E-state index contributed by atoms with van der Waals surface area (Å²) < 4.78 is 4.93. The molecule has 7 heteroatoms. The number of nitrogens with zero attached hydrogens (tertiary/aromatic N) is 3. The second kappa shape index (κ2) is 8.85. The lowest BCUT2D eigenvalue weighted by Crippen LogP contribution is -2.56. The average Bonchev–Trinajstić information content (AvgIpc) is 3.26. The Kier molecular flexibility index (Phi) is 6.53. The Morgan fingerprint density at radius 3 is 2.56 bits per heavy atom. The van der Waals surface area contributed by atoms with Gasteiger partial charge in [-0.15, -0.1) is 0 Å². The maximum atomic E-state index is 11.8. The lowest BCUT2D eigenvalue weighted by Gasteiger charge is -2.41. The van der Waals surface area contributed by atoms with Crippen LogP contribution >= 0.6 is 0 Å². The molecule has 2 aliphatic carbocycles. The fraction of sp³-hybridized carbons (Fsp3) is 0.889. The van der Waals surface area contributed by atoms with Crippen molar-refractivity contribution in [3.8, 4) is 0 Å². The molecule has 7 nitrogen and oxygen atoms in total. The van der Waals surface area contributed by atoms with Crippen molar-refractivity contribution in [3.05, 3.63) is 0 Å². The third-order valence-electron chi connectivity index (χ3n) is 6.03. The molecule has 1 amide bonds. The zero-order chi connectivity index (χ0) is 17.6. The van der Waals surface area contributed by atoms with E-state index in [1.54, 1.807) is 14.2 Å². The highest BCUT2D eigenvalue weighted by Gasteiger charge is 2.42. The molecule has 1 aliphatic heterocycles. The zero-order valence-corrected chi connectivity index (χ0v) is 15.7. The fourth-order valence-electron chi connectivity index (χ4n) is 4.77. The van der Waals surface area contributed by atoms with Crippen LogP contribution in [0.2, 0.25) is 0 Å². The zero-order valence-electron chi connectivity index (χ0n) is 15.7. The van der Waals surface area contributed by atoms with Crippen LogP contribution < -0.4 is 10.6 Å². The third kappa shape index (κ3) is 4.64. The number of fused-ring (bicyclic) bond motifs is 2. The molecule has 2 N–H and O–H groups in total. The van der Waals surface area contributed by atoms with Crippen LogP contribution in [-0.2, 0) is 9.53 Å². The number of methoxy groups -OCH3 is 1. The highest BCUT2D eigenvalue weighted by Crippen LogP contribution is 2.46. The minimum atomic E-state index is -0.0289. The molecule has 3 atom stereocenters. The van der Waals surface area contributed by atoms with Gasteiger partial charge in [-0.05, 0) is 31.1 Å². The lowest BCUT2D eigenvalue weighted by molar-refractivity contribution is -0.120. The lowest BCUT2D eigenvalue weighted by atomic mass is 9.93. The van der Waals surface area contributed by atoms with Gasteiger partial charge in [0.05, 0.1) is 13.2 Å². The molecule has 3 fully saturated rings. The topological polar surface area (TPSA) is 69.2 Å². The van der Waals surface area contributed by atoms with Crippen LogP contribution in [0.25, 0.3) is 0 Å².